The van der Waals surface area contributed by atoms with Crippen LogP contribution in [0.25, 0.3) is 11.3 Å². The zero-order valence-corrected chi connectivity index (χ0v) is 11.9. The number of anilines is 1. The third kappa shape index (κ3) is 3.62. The summed E-state index contributed by atoms with van der Waals surface area (Å²) in [4.78, 5) is 12.0. The third-order valence-electron chi connectivity index (χ3n) is 3.84. The molecule has 110 valence electrons. The van der Waals surface area contributed by atoms with Gasteiger partial charge in [0.15, 0.2) is 5.82 Å². The quantitative estimate of drug-likeness (QED) is 0.807. The van der Waals surface area contributed by atoms with Gasteiger partial charge in [-0.15, -0.1) is 0 Å². The fourth-order valence-electron chi connectivity index (χ4n) is 2.74. The number of carbonyl (C=O) groups excluding carboxylic acids is 1. The second-order valence-electron chi connectivity index (χ2n) is 5.47. The van der Waals surface area contributed by atoms with E-state index in [0.29, 0.717) is 11.9 Å². The first-order chi connectivity index (χ1) is 10.3. The zero-order valence-electron chi connectivity index (χ0n) is 11.9. The van der Waals surface area contributed by atoms with Crippen molar-refractivity contribution < 1.29 is 4.79 Å². The maximum atomic E-state index is 12.0. The zero-order chi connectivity index (χ0) is 14.5. The molecule has 3 rings (SSSR count). The third-order valence-corrected chi connectivity index (χ3v) is 3.84. The lowest BCUT2D eigenvalue weighted by atomic mass is 9.96. The Hall–Kier alpha value is -2.30. The summed E-state index contributed by atoms with van der Waals surface area (Å²) in [6.07, 6.45) is 5.82. The lowest BCUT2D eigenvalue weighted by molar-refractivity contribution is 0.244. The van der Waals surface area contributed by atoms with Crippen molar-refractivity contribution in [3.8, 4) is 11.3 Å². The van der Waals surface area contributed by atoms with E-state index in [1.54, 1.807) is 0 Å². The van der Waals surface area contributed by atoms with E-state index in [0.717, 1.165) is 24.1 Å². The molecule has 0 saturated heterocycles. The van der Waals surface area contributed by atoms with Crippen molar-refractivity contribution >= 4 is 11.8 Å². The van der Waals surface area contributed by atoms with Crippen molar-refractivity contribution in [3.05, 3.63) is 36.4 Å². The fraction of sp³-hybridized carbons (Fsp3) is 0.375. The molecule has 5 nitrogen and oxygen atoms in total. The Morgan fingerprint density at radius 1 is 1.14 bits per heavy atom. The average Bonchev–Trinajstić information content (AvgIpc) is 2.97. The van der Waals surface area contributed by atoms with Crippen LogP contribution in [0.4, 0.5) is 10.6 Å². The molecule has 21 heavy (non-hydrogen) atoms. The van der Waals surface area contributed by atoms with E-state index < -0.39 is 0 Å². The summed E-state index contributed by atoms with van der Waals surface area (Å²) < 4.78 is 0. The standard InChI is InChI=1S/C16H20N4O/c21-16(17-13-9-5-2-6-10-13)18-15-11-14(19-20-15)12-7-3-1-4-8-12/h1,3-4,7-8,11,13H,2,5-6,9-10H2,(H3,17,18,19,20,21). The van der Waals surface area contributed by atoms with Gasteiger partial charge in [-0.05, 0) is 18.4 Å². The molecule has 3 N–H and O–H groups in total. The highest BCUT2D eigenvalue weighted by molar-refractivity contribution is 5.89. The number of H-pyrrole nitrogens is 1. The molecule has 5 heteroatoms. The van der Waals surface area contributed by atoms with E-state index in [1.807, 2.05) is 36.4 Å². The minimum Gasteiger partial charge on any atom is -0.335 e. The monoisotopic (exact) mass is 284 g/mol. The summed E-state index contributed by atoms with van der Waals surface area (Å²) in [6, 6.07) is 11.9. The predicted octanol–water partition coefficient (Wildman–Crippen LogP) is 3.53. The van der Waals surface area contributed by atoms with Gasteiger partial charge in [-0.2, -0.15) is 5.10 Å². The van der Waals surface area contributed by atoms with Crippen LogP contribution < -0.4 is 10.6 Å². The summed E-state index contributed by atoms with van der Waals surface area (Å²) in [5.74, 6) is 0.544. The second-order valence-corrected chi connectivity index (χ2v) is 5.47. The SMILES string of the molecule is O=C(Nc1cc(-c2ccccc2)[nH]n1)NC1CCCCC1. The smallest absolute Gasteiger partial charge is 0.320 e. The minimum absolute atomic E-state index is 0.173. The molecule has 0 radical (unpaired) electrons. The van der Waals surface area contributed by atoms with E-state index in [2.05, 4.69) is 20.8 Å². The van der Waals surface area contributed by atoms with E-state index in [9.17, 15) is 4.79 Å². The van der Waals surface area contributed by atoms with Gasteiger partial charge in [0.2, 0.25) is 0 Å². The molecule has 1 aromatic carbocycles. The van der Waals surface area contributed by atoms with Gasteiger partial charge in [0.25, 0.3) is 0 Å². The van der Waals surface area contributed by atoms with Crippen molar-refractivity contribution in [3.63, 3.8) is 0 Å². The number of benzene rings is 1. The number of hydrogen-bond donors (Lipinski definition) is 3. The highest BCUT2D eigenvalue weighted by Gasteiger charge is 2.16. The van der Waals surface area contributed by atoms with Crippen LogP contribution in [0.3, 0.4) is 0 Å². The molecular formula is C16H20N4O. The predicted molar refractivity (Wildman–Crippen MR) is 83.1 cm³/mol. The lowest BCUT2D eigenvalue weighted by Crippen LogP contribution is -2.39. The van der Waals surface area contributed by atoms with Gasteiger partial charge in [-0.1, -0.05) is 49.6 Å². The number of hydrogen-bond acceptors (Lipinski definition) is 2. The molecule has 2 aromatic rings. The van der Waals surface area contributed by atoms with E-state index in [1.165, 1.54) is 19.3 Å². The van der Waals surface area contributed by atoms with Gasteiger partial charge in [0.1, 0.15) is 0 Å². The van der Waals surface area contributed by atoms with Crippen LogP contribution in [0.2, 0.25) is 0 Å². The maximum absolute atomic E-state index is 12.0. The number of carbonyl (C=O) groups is 1. The molecule has 0 bridgehead atoms. The number of aromatic nitrogens is 2. The Morgan fingerprint density at radius 2 is 1.90 bits per heavy atom. The van der Waals surface area contributed by atoms with Crippen LogP contribution >= 0.6 is 0 Å². The highest BCUT2D eigenvalue weighted by atomic mass is 16.2. The number of urea groups is 1. The van der Waals surface area contributed by atoms with Crippen LogP contribution in [-0.4, -0.2) is 22.3 Å². The lowest BCUT2D eigenvalue weighted by Gasteiger charge is -2.22. The first-order valence-corrected chi connectivity index (χ1v) is 7.49. The van der Waals surface area contributed by atoms with Gasteiger partial charge in [-0.3, -0.25) is 10.4 Å². The van der Waals surface area contributed by atoms with Gasteiger partial charge in [-0.25, -0.2) is 4.79 Å². The van der Waals surface area contributed by atoms with Crippen molar-refractivity contribution in [2.24, 2.45) is 0 Å². The van der Waals surface area contributed by atoms with Crippen LogP contribution in [0, 0.1) is 0 Å². The van der Waals surface area contributed by atoms with Crippen molar-refractivity contribution in [2.75, 3.05) is 5.32 Å². The maximum Gasteiger partial charge on any atom is 0.320 e. The summed E-state index contributed by atoms with van der Waals surface area (Å²) in [7, 11) is 0. The summed E-state index contributed by atoms with van der Waals surface area (Å²) in [6.45, 7) is 0. The number of amides is 2. The summed E-state index contributed by atoms with van der Waals surface area (Å²) in [5.41, 5.74) is 1.94. The molecule has 1 fully saturated rings. The van der Waals surface area contributed by atoms with E-state index in [-0.39, 0.29) is 6.03 Å². The van der Waals surface area contributed by atoms with Crippen LogP contribution in [-0.2, 0) is 0 Å². The number of aromatic amines is 1. The first-order valence-electron chi connectivity index (χ1n) is 7.49. The second kappa shape index (κ2) is 6.43. The summed E-state index contributed by atoms with van der Waals surface area (Å²) in [5, 5.41) is 12.9. The fourth-order valence-corrected chi connectivity index (χ4v) is 2.74. The minimum atomic E-state index is -0.173. The van der Waals surface area contributed by atoms with Gasteiger partial charge < -0.3 is 5.32 Å². The molecular weight excluding hydrogens is 264 g/mol. The van der Waals surface area contributed by atoms with Gasteiger partial charge >= 0.3 is 6.03 Å². The number of nitrogens with one attached hydrogen (secondary N) is 3. The van der Waals surface area contributed by atoms with Crippen LogP contribution in [0.5, 0.6) is 0 Å². The van der Waals surface area contributed by atoms with Crippen LogP contribution in [0.1, 0.15) is 32.1 Å². The van der Waals surface area contributed by atoms with Crippen molar-refractivity contribution in [1.82, 2.24) is 15.5 Å². The molecule has 1 aromatic heterocycles. The molecule has 1 saturated carbocycles. The molecule has 1 aliphatic carbocycles. The Kier molecular flexibility index (Phi) is 4.19. The molecule has 0 spiro atoms. The topological polar surface area (TPSA) is 69.8 Å². The van der Waals surface area contributed by atoms with Crippen molar-refractivity contribution in [2.45, 2.75) is 38.1 Å². The molecule has 1 aliphatic rings. The number of nitrogens with zero attached hydrogens (tertiary/aromatic N) is 1. The molecule has 1 heterocycles. The largest absolute Gasteiger partial charge is 0.335 e. The van der Waals surface area contributed by atoms with E-state index in [4.69, 9.17) is 0 Å². The Bertz CT molecular complexity index is 587. The molecule has 0 unspecified atom stereocenters. The van der Waals surface area contributed by atoms with Gasteiger partial charge in [0.05, 0.1) is 5.69 Å². The Balaban J connectivity index is 1.58. The first kappa shape index (κ1) is 13.7. The van der Waals surface area contributed by atoms with E-state index >= 15 is 0 Å². The molecule has 0 aliphatic heterocycles. The Labute approximate surface area is 124 Å². The number of rotatable bonds is 3. The molecule has 2 amide bonds. The molecule has 0 atom stereocenters. The van der Waals surface area contributed by atoms with Crippen LogP contribution in [0.15, 0.2) is 36.4 Å². The normalized spacial score (nSPS) is 15.6. The highest BCUT2D eigenvalue weighted by Crippen LogP contribution is 2.20. The average molecular weight is 284 g/mol. The van der Waals surface area contributed by atoms with Crippen molar-refractivity contribution in [1.29, 1.82) is 0 Å². The van der Waals surface area contributed by atoms with Gasteiger partial charge in [0, 0.05) is 12.1 Å². The Morgan fingerprint density at radius 3 is 2.67 bits per heavy atom. The summed E-state index contributed by atoms with van der Waals surface area (Å²) >= 11 is 0.